The van der Waals surface area contributed by atoms with Crippen LogP contribution in [0.2, 0.25) is 0 Å². The second kappa shape index (κ2) is 15.3. The fraction of sp³-hybridized carbons (Fsp3) is 0.516. The quantitative estimate of drug-likeness (QED) is 0.148. The van der Waals surface area contributed by atoms with Crippen LogP contribution in [0.1, 0.15) is 107 Å². The molecule has 1 heterocycles. The van der Waals surface area contributed by atoms with Crippen LogP contribution in [0.3, 0.4) is 0 Å². The van der Waals surface area contributed by atoms with Gasteiger partial charge in [-0.2, -0.15) is 6.67 Å². The summed E-state index contributed by atoms with van der Waals surface area (Å²) in [4.78, 5) is 14.9. The number of nitrogens with zero attached hydrogens (tertiary/aromatic N) is 4. The van der Waals surface area contributed by atoms with E-state index in [-0.39, 0.29) is 13.1 Å². The number of benzene rings is 2. The molecule has 0 spiro atoms. The Bertz CT molecular complexity index is 1100. The number of para-hydroxylation sites is 1. The molecule has 0 amide bonds. The van der Waals surface area contributed by atoms with Gasteiger partial charge in [-0.05, 0) is 87.2 Å². The van der Waals surface area contributed by atoms with Crippen molar-refractivity contribution in [1.29, 1.82) is 0 Å². The third-order valence-corrected chi connectivity index (χ3v) is 6.89. The van der Waals surface area contributed by atoms with E-state index in [2.05, 4.69) is 116 Å². The Morgan fingerprint density at radius 1 is 0.789 bits per heavy atom. The number of hydrogen-bond donors (Lipinski definition) is 0. The molecule has 1 fully saturated rings. The van der Waals surface area contributed by atoms with Gasteiger partial charge in [0.05, 0.1) is 23.0 Å². The van der Waals surface area contributed by atoms with E-state index in [4.69, 9.17) is 30.2 Å². The molecule has 4 nitrogen and oxygen atoms in total. The number of aryl methyl sites for hydroxylation is 2. The van der Waals surface area contributed by atoms with Crippen LogP contribution in [0.5, 0.6) is 0 Å². The Morgan fingerprint density at radius 2 is 1.24 bits per heavy atom. The number of rotatable bonds is 5. The molecule has 38 heavy (non-hydrogen) atoms. The second-order valence-corrected chi connectivity index (χ2v) is 12.8. The molecule has 0 bridgehead atoms. The summed E-state index contributed by atoms with van der Waals surface area (Å²) in [7, 11) is 9.53. The van der Waals surface area contributed by atoms with Crippen LogP contribution >= 0.6 is 20.2 Å². The Kier molecular flexibility index (Phi) is 13.2. The van der Waals surface area contributed by atoms with E-state index in [0.29, 0.717) is 17.8 Å². The van der Waals surface area contributed by atoms with E-state index in [9.17, 15) is 0 Å². The first-order valence-corrected chi connectivity index (χ1v) is 16.5. The van der Waals surface area contributed by atoms with E-state index in [0.717, 1.165) is 42.6 Å². The van der Waals surface area contributed by atoms with Gasteiger partial charge in [-0.1, -0.05) is 77.4 Å². The fourth-order valence-corrected chi connectivity index (χ4v) is 4.86. The van der Waals surface area contributed by atoms with Crippen molar-refractivity contribution in [2.75, 3.05) is 13.1 Å². The van der Waals surface area contributed by atoms with Gasteiger partial charge in [-0.3, -0.25) is 0 Å². The van der Waals surface area contributed by atoms with Crippen LogP contribution in [0.4, 0.5) is 11.4 Å². The van der Waals surface area contributed by atoms with E-state index < -0.39 is 0 Å². The summed E-state index contributed by atoms with van der Waals surface area (Å²) in [6.45, 7) is 26.2. The molecular weight excluding hydrogens is 555 g/mol. The monoisotopic (exact) mass is 599 g/mol. The molecule has 7 heteroatoms. The molecule has 0 aromatic heterocycles. The topological polar surface area (TPSA) is 31.2 Å². The van der Waals surface area contributed by atoms with Crippen LogP contribution < -0.4 is 0 Å². The van der Waals surface area contributed by atoms with Crippen molar-refractivity contribution >= 4 is 43.2 Å². The Hall–Kier alpha value is -1.52. The summed E-state index contributed by atoms with van der Waals surface area (Å²) in [6, 6.07) is 11.1. The molecule has 1 saturated heterocycles. The van der Waals surface area contributed by atoms with Gasteiger partial charge < -0.3 is 9.80 Å². The number of halogens is 2. The van der Waals surface area contributed by atoms with Gasteiger partial charge in [0, 0.05) is 0 Å². The van der Waals surface area contributed by atoms with Gasteiger partial charge in [0.1, 0.15) is 0 Å². The zero-order valence-corrected chi connectivity index (χ0v) is 27.3. The molecule has 0 atom stereocenters. The van der Waals surface area contributed by atoms with Crippen LogP contribution in [-0.4, -0.2) is 34.6 Å². The van der Waals surface area contributed by atoms with Crippen LogP contribution in [0.15, 0.2) is 40.3 Å². The maximum atomic E-state index is 5.21. The Balaban J connectivity index is 0.00000161. The van der Waals surface area contributed by atoms with Crippen molar-refractivity contribution < 1.29 is 13.1 Å². The predicted molar refractivity (Wildman–Crippen MR) is 164 cm³/mol. The Labute approximate surface area is 246 Å². The molecule has 211 valence electrons. The van der Waals surface area contributed by atoms with Gasteiger partial charge in [0.15, 0.2) is 0 Å². The molecule has 1 aliphatic heterocycles. The first kappa shape index (κ1) is 32.7. The summed E-state index contributed by atoms with van der Waals surface area (Å²) in [5.74, 6) is 3.37. The fourth-order valence-electron chi connectivity index (χ4n) is 4.86. The minimum atomic E-state index is 0.194. The van der Waals surface area contributed by atoms with Crippen LogP contribution in [0.25, 0.3) is 0 Å². The third-order valence-electron chi connectivity index (χ3n) is 6.89. The molecule has 0 radical (unpaired) electrons. The van der Waals surface area contributed by atoms with E-state index in [1.54, 1.807) is 0 Å². The number of hydrogen-bond acceptors (Lipinski definition) is 2. The molecule has 0 unspecified atom stereocenters. The summed E-state index contributed by atoms with van der Waals surface area (Å²) in [5, 5.41) is 0. The standard InChI is InChI=1S/C31H45N4.2ClH.Fe/c1-20(2)27-13-11-14-28(21(3)4)31(27)33-26(10)35-16-12-15-34(19-35)25(9)32-30-24(8)17-23(7)18-29(30)22(5)6;;;/h11,13-14,17-22H,12,15-16H2,1-10H3;2*1H;/q-1;;;+3/p-2. The number of aliphatic imine (C=N–C) groups is 2. The van der Waals surface area contributed by atoms with Gasteiger partial charge in [-0.25, -0.2) is 9.98 Å². The number of amidine groups is 2. The zero-order chi connectivity index (χ0) is 28.6. The summed E-state index contributed by atoms with van der Waals surface area (Å²) < 4.78 is 0. The molecule has 3 rings (SSSR count). The molecule has 0 saturated carbocycles. The normalized spacial score (nSPS) is 14.9. The summed E-state index contributed by atoms with van der Waals surface area (Å²) in [6.07, 6.45) is 1.07. The Morgan fingerprint density at radius 3 is 1.68 bits per heavy atom. The SMILES string of the molecule is CC(=Nc1c(C)cc(C)cc1C(C)C)N1[CH-]N(C(C)=Nc2c(C(C)C)cccc2C(C)C)CCC1.[Cl][Fe+][Cl]. The van der Waals surface area contributed by atoms with Gasteiger partial charge in [-0.15, -0.1) is 0 Å². The molecular formula is C31H45Cl2FeN4. The van der Waals surface area contributed by atoms with Gasteiger partial charge >= 0.3 is 33.3 Å². The first-order valence-electron chi connectivity index (χ1n) is 13.5. The maximum absolute atomic E-state index is 5.21. The van der Waals surface area contributed by atoms with Crippen molar-refractivity contribution in [1.82, 2.24) is 9.80 Å². The van der Waals surface area contributed by atoms with Gasteiger partial charge in [0.25, 0.3) is 0 Å². The molecule has 2 aromatic carbocycles. The molecule has 0 N–H and O–H groups in total. The minimum absolute atomic E-state index is 0.194. The van der Waals surface area contributed by atoms with E-state index in [1.807, 2.05) is 0 Å². The van der Waals surface area contributed by atoms with Crippen molar-refractivity contribution in [3.63, 3.8) is 0 Å². The summed E-state index contributed by atoms with van der Waals surface area (Å²) >= 11 is 0.194. The van der Waals surface area contributed by atoms with Crippen molar-refractivity contribution in [3.05, 3.63) is 64.8 Å². The van der Waals surface area contributed by atoms with Crippen LogP contribution in [0, 0.1) is 20.5 Å². The van der Waals surface area contributed by atoms with E-state index in [1.165, 1.54) is 27.8 Å². The molecule has 0 aliphatic carbocycles. The predicted octanol–water partition coefficient (Wildman–Crippen LogP) is 9.98. The first-order chi connectivity index (χ1) is 17.9. The zero-order valence-electron chi connectivity index (χ0n) is 24.7. The second-order valence-electron chi connectivity index (χ2n) is 11.0. The van der Waals surface area contributed by atoms with Gasteiger partial charge in [0.2, 0.25) is 0 Å². The molecule has 2 aromatic rings. The average Bonchev–Trinajstić information content (AvgIpc) is 2.85. The third kappa shape index (κ3) is 8.74. The van der Waals surface area contributed by atoms with Crippen molar-refractivity contribution in [2.45, 2.75) is 93.4 Å². The average molecular weight is 600 g/mol. The van der Waals surface area contributed by atoms with Crippen LogP contribution in [-0.2, 0) is 13.1 Å². The summed E-state index contributed by atoms with van der Waals surface area (Å²) in [5.41, 5.74) is 8.75. The van der Waals surface area contributed by atoms with Crippen molar-refractivity contribution in [3.8, 4) is 0 Å². The molecule has 1 aliphatic rings. The van der Waals surface area contributed by atoms with Crippen molar-refractivity contribution in [2.24, 2.45) is 9.98 Å². The van der Waals surface area contributed by atoms with E-state index >= 15 is 0 Å².